The van der Waals surface area contributed by atoms with Crippen LogP contribution in [0.4, 0.5) is 4.39 Å². The molecule has 1 aromatic heterocycles. The summed E-state index contributed by atoms with van der Waals surface area (Å²) in [6.07, 6.45) is 1.21. The van der Waals surface area contributed by atoms with Crippen molar-refractivity contribution in [3.05, 3.63) is 51.0 Å². The van der Waals surface area contributed by atoms with E-state index in [0.717, 1.165) is 4.47 Å². The predicted octanol–water partition coefficient (Wildman–Crippen LogP) is 3.73. The molecule has 2 rings (SSSR count). The van der Waals surface area contributed by atoms with Gasteiger partial charge in [-0.3, -0.25) is 4.68 Å². The lowest BCUT2D eigenvalue weighted by Crippen LogP contribution is -2.11. The minimum Gasteiger partial charge on any atom is -0.386 e. The molecule has 0 aliphatic rings. The number of benzene rings is 1. The molecule has 0 saturated carbocycles. The van der Waals surface area contributed by atoms with Gasteiger partial charge in [-0.2, -0.15) is 5.10 Å². The molecule has 0 bridgehead atoms. The maximum Gasteiger partial charge on any atom is 0.124 e. The van der Waals surface area contributed by atoms with Crippen LogP contribution in [0.5, 0.6) is 0 Å². The van der Waals surface area contributed by atoms with Gasteiger partial charge >= 0.3 is 0 Å². The Morgan fingerprint density at radius 3 is 2.89 bits per heavy atom. The first-order valence-corrected chi connectivity index (χ1v) is 7.03. The fourth-order valence-electron chi connectivity index (χ4n) is 1.95. The molecule has 19 heavy (non-hydrogen) atoms. The molecule has 0 aliphatic heterocycles. The highest BCUT2D eigenvalue weighted by atomic mass is 79.9. The van der Waals surface area contributed by atoms with E-state index in [1.165, 1.54) is 12.1 Å². The minimum atomic E-state index is -0.750. The van der Waals surface area contributed by atoms with Crippen molar-refractivity contribution in [2.24, 2.45) is 0 Å². The van der Waals surface area contributed by atoms with E-state index in [1.807, 2.05) is 6.92 Å². The molecule has 1 N–H and O–H groups in total. The van der Waals surface area contributed by atoms with Crippen molar-refractivity contribution in [1.29, 1.82) is 0 Å². The molecule has 0 radical (unpaired) electrons. The normalized spacial score (nSPS) is 12.7. The lowest BCUT2D eigenvalue weighted by atomic mass is 10.1. The smallest absolute Gasteiger partial charge is 0.124 e. The first-order valence-electron chi connectivity index (χ1n) is 5.86. The van der Waals surface area contributed by atoms with Gasteiger partial charge in [0, 0.05) is 18.0 Å². The minimum absolute atomic E-state index is 0.309. The average molecular weight is 348 g/mol. The molecule has 6 heteroatoms. The zero-order valence-corrected chi connectivity index (χ0v) is 12.6. The van der Waals surface area contributed by atoms with Gasteiger partial charge in [-0.05, 0) is 40.5 Å². The molecule has 0 fully saturated rings. The van der Waals surface area contributed by atoms with Crippen molar-refractivity contribution < 1.29 is 9.50 Å². The van der Waals surface area contributed by atoms with Crippen LogP contribution in [-0.2, 0) is 13.0 Å². The Bertz CT molecular complexity index is 588. The Morgan fingerprint density at radius 2 is 2.26 bits per heavy atom. The quantitative estimate of drug-likeness (QED) is 0.915. The van der Waals surface area contributed by atoms with Gasteiger partial charge in [0.2, 0.25) is 0 Å². The number of nitrogens with zero attached hydrogens (tertiary/aromatic N) is 2. The van der Waals surface area contributed by atoms with Crippen molar-refractivity contribution in [2.45, 2.75) is 26.0 Å². The van der Waals surface area contributed by atoms with E-state index in [9.17, 15) is 9.50 Å². The molecule has 1 heterocycles. The van der Waals surface area contributed by atoms with Gasteiger partial charge in [0.15, 0.2) is 0 Å². The average Bonchev–Trinajstić information content (AvgIpc) is 2.74. The fraction of sp³-hybridized carbons (Fsp3) is 0.308. The maximum absolute atomic E-state index is 13.0. The lowest BCUT2D eigenvalue weighted by Gasteiger charge is -2.14. The highest BCUT2D eigenvalue weighted by Gasteiger charge is 2.18. The van der Waals surface area contributed by atoms with Gasteiger partial charge in [-0.25, -0.2) is 4.39 Å². The second kappa shape index (κ2) is 6.03. The highest BCUT2D eigenvalue weighted by Crippen LogP contribution is 2.28. The van der Waals surface area contributed by atoms with Crippen LogP contribution >= 0.6 is 27.5 Å². The van der Waals surface area contributed by atoms with Crippen LogP contribution in [0, 0.1) is 5.82 Å². The number of aryl methyl sites for hydroxylation is 1. The van der Waals surface area contributed by atoms with E-state index < -0.39 is 6.10 Å². The van der Waals surface area contributed by atoms with Crippen molar-refractivity contribution in [3.8, 4) is 0 Å². The summed E-state index contributed by atoms with van der Waals surface area (Å²) in [7, 11) is 0. The number of aliphatic hydroxyl groups is 1. The Hall–Kier alpha value is -0.910. The molecule has 0 spiro atoms. The zero-order chi connectivity index (χ0) is 14.0. The van der Waals surface area contributed by atoms with Gasteiger partial charge in [-0.15, -0.1) is 0 Å². The summed E-state index contributed by atoms with van der Waals surface area (Å²) in [5.41, 5.74) is 1.40. The Morgan fingerprint density at radius 1 is 1.53 bits per heavy atom. The van der Waals surface area contributed by atoms with Crippen LogP contribution in [0.2, 0.25) is 5.02 Å². The van der Waals surface area contributed by atoms with Crippen molar-refractivity contribution in [2.75, 3.05) is 0 Å². The monoisotopic (exact) mass is 346 g/mol. The number of hydrogen-bond donors (Lipinski definition) is 1. The van der Waals surface area contributed by atoms with Gasteiger partial charge < -0.3 is 5.11 Å². The van der Waals surface area contributed by atoms with Crippen molar-refractivity contribution in [3.63, 3.8) is 0 Å². The Labute approximate surface area is 124 Å². The third kappa shape index (κ3) is 3.16. The standard InChI is InChI=1S/C13H13BrClFN2O/c1-2-18-13(10(14)7-17-18)12(19)5-8-3-4-9(16)6-11(8)15/h3-4,6-7,12,19H,2,5H2,1H3. The highest BCUT2D eigenvalue weighted by molar-refractivity contribution is 9.10. The third-order valence-corrected chi connectivity index (χ3v) is 3.84. The van der Waals surface area contributed by atoms with Crippen LogP contribution < -0.4 is 0 Å². The van der Waals surface area contributed by atoms with Crippen LogP contribution in [-0.4, -0.2) is 14.9 Å². The number of aliphatic hydroxyl groups excluding tert-OH is 1. The molecular weight excluding hydrogens is 335 g/mol. The van der Waals surface area contributed by atoms with Crippen LogP contribution in [0.15, 0.2) is 28.9 Å². The van der Waals surface area contributed by atoms with E-state index in [4.69, 9.17) is 11.6 Å². The zero-order valence-electron chi connectivity index (χ0n) is 10.3. The summed E-state index contributed by atoms with van der Waals surface area (Å²) < 4.78 is 15.4. The topological polar surface area (TPSA) is 38.0 Å². The summed E-state index contributed by atoms with van der Waals surface area (Å²) in [5, 5.41) is 14.8. The third-order valence-electron chi connectivity index (χ3n) is 2.88. The van der Waals surface area contributed by atoms with Gasteiger partial charge in [0.05, 0.1) is 16.4 Å². The summed E-state index contributed by atoms with van der Waals surface area (Å²) >= 11 is 9.33. The van der Waals surface area contributed by atoms with Crippen LogP contribution in [0.1, 0.15) is 24.3 Å². The molecule has 1 unspecified atom stereocenters. The molecule has 102 valence electrons. The largest absolute Gasteiger partial charge is 0.386 e. The molecule has 2 aromatic rings. The number of aromatic nitrogens is 2. The molecule has 1 atom stereocenters. The van der Waals surface area contributed by atoms with Crippen LogP contribution in [0.3, 0.4) is 0 Å². The molecule has 1 aromatic carbocycles. The van der Waals surface area contributed by atoms with Gasteiger partial charge in [-0.1, -0.05) is 17.7 Å². The molecule has 0 amide bonds. The number of rotatable bonds is 4. The Balaban J connectivity index is 2.25. The van der Waals surface area contributed by atoms with Crippen molar-refractivity contribution >= 4 is 27.5 Å². The van der Waals surface area contributed by atoms with Gasteiger partial charge in [0.25, 0.3) is 0 Å². The first kappa shape index (κ1) is 14.5. The summed E-state index contributed by atoms with van der Waals surface area (Å²) in [6, 6.07) is 4.16. The van der Waals surface area contributed by atoms with Gasteiger partial charge in [0.1, 0.15) is 11.9 Å². The fourth-order valence-corrected chi connectivity index (χ4v) is 2.75. The van der Waals surface area contributed by atoms with E-state index in [0.29, 0.717) is 29.2 Å². The second-order valence-corrected chi connectivity index (χ2v) is 5.41. The predicted molar refractivity (Wildman–Crippen MR) is 75.7 cm³/mol. The second-order valence-electron chi connectivity index (χ2n) is 4.15. The summed E-state index contributed by atoms with van der Waals surface area (Å²) in [4.78, 5) is 0. The summed E-state index contributed by atoms with van der Waals surface area (Å²) in [6.45, 7) is 2.61. The van der Waals surface area contributed by atoms with E-state index in [2.05, 4.69) is 21.0 Å². The van der Waals surface area contributed by atoms with E-state index in [1.54, 1.807) is 16.9 Å². The van der Waals surface area contributed by atoms with Crippen molar-refractivity contribution in [1.82, 2.24) is 9.78 Å². The molecular formula is C13H13BrClFN2O. The van der Waals surface area contributed by atoms with E-state index >= 15 is 0 Å². The van der Waals surface area contributed by atoms with E-state index in [-0.39, 0.29) is 5.82 Å². The molecule has 0 aliphatic carbocycles. The molecule has 3 nitrogen and oxygen atoms in total. The Kier molecular flexibility index (Phi) is 4.60. The first-order chi connectivity index (χ1) is 9.02. The maximum atomic E-state index is 13.0. The van der Waals surface area contributed by atoms with Crippen LogP contribution in [0.25, 0.3) is 0 Å². The SMILES string of the molecule is CCn1ncc(Br)c1C(O)Cc1ccc(F)cc1Cl. The number of halogens is 3. The molecule has 0 saturated heterocycles. The number of hydrogen-bond acceptors (Lipinski definition) is 2. The summed E-state index contributed by atoms with van der Waals surface area (Å²) in [5.74, 6) is -0.386. The lowest BCUT2D eigenvalue weighted by molar-refractivity contribution is 0.166.